The lowest BCUT2D eigenvalue weighted by molar-refractivity contribution is 0.266. The average Bonchev–Trinajstić information content (AvgIpc) is 2.43. The van der Waals surface area contributed by atoms with E-state index in [2.05, 4.69) is 42.1 Å². The molecule has 112 valence electrons. The summed E-state index contributed by atoms with van der Waals surface area (Å²) in [6.45, 7) is 0. The molecule has 0 bridgehead atoms. The number of hydrogen-bond acceptors (Lipinski definition) is 5. The molecular formula is C15H26N4S. The van der Waals surface area contributed by atoms with Crippen LogP contribution in [0.25, 0.3) is 0 Å². The van der Waals surface area contributed by atoms with Crippen LogP contribution in [0.5, 0.6) is 0 Å². The lowest BCUT2D eigenvalue weighted by Gasteiger charge is -2.42. The summed E-state index contributed by atoms with van der Waals surface area (Å²) in [5.41, 5.74) is 2.80. The van der Waals surface area contributed by atoms with E-state index in [-0.39, 0.29) is 0 Å². The molecule has 0 saturated heterocycles. The zero-order valence-corrected chi connectivity index (χ0v) is 13.5. The minimum atomic E-state index is 0.546. The maximum atomic E-state index is 5.90. The van der Waals surface area contributed by atoms with Gasteiger partial charge in [0, 0.05) is 40.7 Å². The van der Waals surface area contributed by atoms with Gasteiger partial charge in [-0.1, -0.05) is 0 Å². The maximum absolute atomic E-state index is 5.90. The Labute approximate surface area is 126 Å². The van der Waals surface area contributed by atoms with Crippen molar-refractivity contribution in [3.63, 3.8) is 0 Å². The highest BCUT2D eigenvalue weighted by atomic mass is 32.2. The monoisotopic (exact) mass is 294 g/mol. The summed E-state index contributed by atoms with van der Waals surface area (Å²) in [6, 6.07) is 1.29. The van der Waals surface area contributed by atoms with Crippen molar-refractivity contribution < 1.29 is 0 Å². The highest BCUT2D eigenvalue weighted by Crippen LogP contribution is 2.43. The maximum Gasteiger partial charge on any atom is 0.0493 e. The van der Waals surface area contributed by atoms with E-state index >= 15 is 0 Å². The Morgan fingerprint density at radius 1 is 1.25 bits per heavy atom. The fourth-order valence-electron chi connectivity index (χ4n) is 3.41. The summed E-state index contributed by atoms with van der Waals surface area (Å²) in [4.78, 5) is 3.94. The molecule has 2 aliphatic carbocycles. The van der Waals surface area contributed by atoms with E-state index in [1.54, 1.807) is 9.91 Å². The molecule has 0 aromatic rings. The van der Waals surface area contributed by atoms with Gasteiger partial charge in [-0.3, -0.25) is 0 Å². The van der Waals surface area contributed by atoms with Crippen LogP contribution >= 0.6 is 11.8 Å². The van der Waals surface area contributed by atoms with E-state index in [4.69, 9.17) is 5.84 Å². The zero-order chi connectivity index (χ0) is 14.3. The molecule has 1 aliphatic heterocycles. The first-order chi connectivity index (χ1) is 9.54. The van der Waals surface area contributed by atoms with Gasteiger partial charge in [-0.25, -0.2) is 5.84 Å². The number of nitrogens with one attached hydrogen (secondary N) is 1. The number of nitrogens with two attached hydrogens (primary N) is 1. The first kappa shape index (κ1) is 14.3. The van der Waals surface area contributed by atoms with Crippen molar-refractivity contribution in [2.45, 2.75) is 49.4 Å². The number of allylic oxidation sites excluding steroid dienone is 2. The lowest BCUT2D eigenvalue weighted by atomic mass is 9.94. The van der Waals surface area contributed by atoms with Gasteiger partial charge in [0.15, 0.2) is 0 Å². The molecule has 3 unspecified atom stereocenters. The molecule has 0 radical (unpaired) electrons. The van der Waals surface area contributed by atoms with Crippen LogP contribution in [0.1, 0.15) is 32.1 Å². The van der Waals surface area contributed by atoms with Gasteiger partial charge < -0.3 is 15.2 Å². The Balaban J connectivity index is 1.76. The number of hydrazine groups is 1. The van der Waals surface area contributed by atoms with Gasteiger partial charge in [-0.15, -0.1) is 11.8 Å². The van der Waals surface area contributed by atoms with Crippen molar-refractivity contribution >= 4 is 11.8 Å². The number of rotatable bonds is 2. The molecule has 0 fully saturated rings. The molecule has 5 heteroatoms. The molecule has 20 heavy (non-hydrogen) atoms. The minimum absolute atomic E-state index is 0.546. The third-order valence-electron chi connectivity index (χ3n) is 4.77. The minimum Gasteiger partial charge on any atom is -0.384 e. The molecule has 3 atom stereocenters. The standard InChI is InChI=1S/C15H26N4S/c1-18(2)10-4-6-12-14(8-10)20-15-9-11(19(3)16)5-7-13(15)17-12/h9-10,13,15,17H,4-8,16H2,1-3H3. The van der Waals surface area contributed by atoms with E-state index in [1.807, 2.05) is 7.05 Å². The van der Waals surface area contributed by atoms with Gasteiger partial charge in [-0.05, 0) is 52.3 Å². The number of hydrogen-bond donors (Lipinski definition) is 2. The largest absolute Gasteiger partial charge is 0.384 e. The highest BCUT2D eigenvalue weighted by molar-refractivity contribution is 8.03. The normalized spacial score (nSPS) is 33.2. The summed E-state index contributed by atoms with van der Waals surface area (Å²) >= 11 is 2.07. The number of nitrogens with zero attached hydrogens (tertiary/aromatic N) is 2. The highest BCUT2D eigenvalue weighted by Gasteiger charge is 2.35. The van der Waals surface area contributed by atoms with Crippen molar-refractivity contribution in [2.75, 3.05) is 21.1 Å². The predicted octanol–water partition coefficient (Wildman–Crippen LogP) is 1.87. The topological polar surface area (TPSA) is 44.5 Å². The Morgan fingerprint density at radius 3 is 2.75 bits per heavy atom. The zero-order valence-electron chi connectivity index (χ0n) is 12.7. The number of fused-ring (bicyclic) bond motifs is 1. The smallest absolute Gasteiger partial charge is 0.0493 e. The van der Waals surface area contributed by atoms with E-state index in [1.165, 1.54) is 37.1 Å². The fraction of sp³-hybridized carbons (Fsp3) is 0.733. The fourth-order valence-corrected chi connectivity index (χ4v) is 4.93. The third-order valence-corrected chi connectivity index (χ3v) is 6.21. The van der Waals surface area contributed by atoms with Crippen molar-refractivity contribution in [3.05, 3.63) is 22.4 Å². The van der Waals surface area contributed by atoms with Gasteiger partial charge in [0.1, 0.15) is 0 Å². The molecule has 0 spiro atoms. The SMILES string of the molecule is CN(N)C1=CC2SC3=C(CCC(N(C)C)C3)NC2CC1. The summed E-state index contributed by atoms with van der Waals surface area (Å²) in [5, 5.41) is 6.14. The van der Waals surface area contributed by atoms with Gasteiger partial charge in [0.2, 0.25) is 0 Å². The third kappa shape index (κ3) is 2.71. The van der Waals surface area contributed by atoms with Crippen molar-refractivity contribution in [1.29, 1.82) is 0 Å². The summed E-state index contributed by atoms with van der Waals surface area (Å²) in [7, 11) is 6.34. The van der Waals surface area contributed by atoms with Crippen molar-refractivity contribution in [1.82, 2.24) is 15.2 Å². The predicted molar refractivity (Wildman–Crippen MR) is 85.9 cm³/mol. The molecule has 0 saturated carbocycles. The Hall–Kier alpha value is -0.650. The van der Waals surface area contributed by atoms with E-state index < -0.39 is 0 Å². The second-order valence-electron chi connectivity index (χ2n) is 6.40. The lowest BCUT2D eigenvalue weighted by Crippen LogP contribution is -2.46. The van der Waals surface area contributed by atoms with Crippen LogP contribution in [0, 0.1) is 0 Å². The molecule has 0 aromatic carbocycles. The van der Waals surface area contributed by atoms with Crippen molar-refractivity contribution in [3.8, 4) is 0 Å². The summed E-state index contributed by atoms with van der Waals surface area (Å²) in [5.74, 6) is 5.90. The molecule has 3 rings (SSSR count). The van der Waals surface area contributed by atoms with Crippen LogP contribution in [0.15, 0.2) is 22.4 Å². The van der Waals surface area contributed by atoms with Crippen LogP contribution in [0.4, 0.5) is 0 Å². The first-order valence-corrected chi connectivity index (χ1v) is 8.43. The van der Waals surface area contributed by atoms with E-state index in [9.17, 15) is 0 Å². The van der Waals surface area contributed by atoms with Crippen LogP contribution in [0.2, 0.25) is 0 Å². The summed E-state index contributed by atoms with van der Waals surface area (Å²) < 4.78 is 0. The van der Waals surface area contributed by atoms with Crippen molar-refractivity contribution in [2.24, 2.45) is 5.84 Å². The Morgan fingerprint density at radius 2 is 2.05 bits per heavy atom. The van der Waals surface area contributed by atoms with Gasteiger partial charge >= 0.3 is 0 Å². The molecule has 3 N–H and O–H groups in total. The van der Waals surface area contributed by atoms with Gasteiger partial charge in [0.25, 0.3) is 0 Å². The van der Waals surface area contributed by atoms with Gasteiger partial charge in [0.05, 0.1) is 0 Å². The molecule has 0 aromatic heterocycles. The Bertz CT molecular complexity index is 441. The second kappa shape index (κ2) is 5.62. The van der Waals surface area contributed by atoms with E-state index in [0.29, 0.717) is 17.3 Å². The molecule has 3 aliphatic rings. The first-order valence-electron chi connectivity index (χ1n) is 7.55. The molecular weight excluding hydrogens is 268 g/mol. The summed E-state index contributed by atoms with van der Waals surface area (Å²) in [6.07, 6.45) is 8.34. The van der Waals surface area contributed by atoms with E-state index in [0.717, 1.165) is 6.42 Å². The van der Waals surface area contributed by atoms with Gasteiger partial charge in [-0.2, -0.15) is 0 Å². The average molecular weight is 294 g/mol. The van der Waals surface area contributed by atoms with Crippen LogP contribution in [-0.4, -0.2) is 48.4 Å². The Kier molecular flexibility index (Phi) is 4.02. The molecule has 4 nitrogen and oxygen atoms in total. The quantitative estimate of drug-likeness (QED) is 0.601. The molecule has 0 amide bonds. The number of thioether (sulfide) groups is 1. The second-order valence-corrected chi connectivity index (χ2v) is 7.68. The van der Waals surface area contributed by atoms with Crippen LogP contribution in [-0.2, 0) is 0 Å². The van der Waals surface area contributed by atoms with Crippen LogP contribution in [0.3, 0.4) is 0 Å². The van der Waals surface area contributed by atoms with Crippen LogP contribution < -0.4 is 11.2 Å². The molecule has 1 heterocycles.